The van der Waals surface area contributed by atoms with Gasteiger partial charge in [0.15, 0.2) is 0 Å². The van der Waals surface area contributed by atoms with E-state index < -0.39 is 0 Å². The summed E-state index contributed by atoms with van der Waals surface area (Å²) in [5.41, 5.74) is 2.24. The van der Waals surface area contributed by atoms with Gasteiger partial charge in [-0.15, -0.1) is 0 Å². The molecule has 3 heteroatoms. The van der Waals surface area contributed by atoms with Crippen molar-refractivity contribution in [3.05, 3.63) is 35.9 Å². The second-order valence-corrected chi connectivity index (χ2v) is 5.40. The van der Waals surface area contributed by atoms with Gasteiger partial charge in [-0.2, -0.15) is 0 Å². The molecule has 2 aromatic rings. The smallest absolute Gasteiger partial charge is 0.129 e. The fourth-order valence-electron chi connectivity index (χ4n) is 2.15. The lowest BCUT2D eigenvalue weighted by atomic mass is 10.1. The van der Waals surface area contributed by atoms with Gasteiger partial charge in [-0.1, -0.05) is 18.2 Å². The van der Waals surface area contributed by atoms with Crippen LogP contribution >= 0.6 is 0 Å². The van der Waals surface area contributed by atoms with Crippen LogP contribution < -0.4 is 5.32 Å². The summed E-state index contributed by atoms with van der Waals surface area (Å²) in [6, 6.07) is 10.4. The van der Waals surface area contributed by atoms with Crippen molar-refractivity contribution in [2.24, 2.45) is 0 Å². The van der Waals surface area contributed by atoms with Gasteiger partial charge in [0.2, 0.25) is 0 Å². The minimum Gasteiger partial charge on any atom is -0.379 e. The molecule has 0 amide bonds. The average molecular weight is 272 g/mol. The standard InChI is InChI=1S/C17H24N2O/c1-13(2)20-11-7-6-10-18-17-14(3)12-15-8-4-5-9-16(15)19-17/h4-5,8-9,12-13H,6-7,10-11H2,1-3H3,(H,18,19). The number of rotatable bonds is 7. The Morgan fingerprint density at radius 3 is 2.80 bits per heavy atom. The Morgan fingerprint density at radius 1 is 1.20 bits per heavy atom. The van der Waals surface area contributed by atoms with Gasteiger partial charge in [0.05, 0.1) is 11.6 Å². The fraction of sp³-hybridized carbons (Fsp3) is 0.471. The van der Waals surface area contributed by atoms with E-state index in [9.17, 15) is 0 Å². The molecule has 20 heavy (non-hydrogen) atoms. The van der Waals surface area contributed by atoms with Crippen molar-refractivity contribution in [1.29, 1.82) is 0 Å². The monoisotopic (exact) mass is 272 g/mol. The van der Waals surface area contributed by atoms with Gasteiger partial charge in [0, 0.05) is 18.5 Å². The van der Waals surface area contributed by atoms with Crippen LogP contribution in [0.4, 0.5) is 5.82 Å². The third-order valence-corrected chi connectivity index (χ3v) is 3.23. The maximum Gasteiger partial charge on any atom is 0.129 e. The fourth-order valence-corrected chi connectivity index (χ4v) is 2.15. The Labute approximate surface area is 121 Å². The normalized spacial score (nSPS) is 11.2. The first kappa shape index (κ1) is 14.8. The van der Waals surface area contributed by atoms with E-state index in [4.69, 9.17) is 4.74 Å². The molecule has 0 saturated carbocycles. The molecule has 0 unspecified atom stereocenters. The SMILES string of the molecule is Cc1cc2ccccc2nc1NCCCCOC(C)C. The number of para-hydroxylation sites is 1. The number of nitrogens with one attached hydrogen (secondary N) is 1. The minimum atomic E-state index is 0.326. The second kappa shape index (κ2) is 7.25. The quantitative estimate of drug-likeness (QED) is 0.768. The van der Waals surface area contributed by atoms with Crippen LogP contribution in [0, 0.1) is 6.92 Å². The van der Waals surface area contributed by atoms with Crippen molar-refractivity contribution >= 4 is 16.7 Å². The van der Waals surface area contributed by atoms with Gasteiger partial charge < -0.3 is 10.1 Å². The zero-order valence-corrected chi connectivity index (χ0v) is 12.6. The molecule has 0 bridgehead atoms. The Morgan fingerprint density at radius 2 is 2.00 bits per heavy atom. The molecule has 1 aromatic carbocycles. The summed E-state index contributed by atoms with van der Waals surface area (Å²) in [4.78, 5) is 4.68. The highest BCUT2D eigenvalue weighted by molar-refractivity contribution is 5.81. The molecule has 0 spiro atoms. The number of hydrogen-bond donors (Lipinski definition) is 1. The first-order valence-corrected chi connectivity index (χ1v) is 7.38. The summed E-state index contributed by atoms with van der Waals surface area (Å²) < 4.78 is 5.53. The van der Waals surface area contributed by atoms with Gasteiger partial charge in [-0.05, 0) is 51.3 Å². The van der Waals surface area contributed by atoms with Gasteiger partial charge in [0.1, 0.15) is 5.82 Å². The molecule has 0 aliphatic heterocycles. The summed E-state index contributed by atoms with van der Waals surface area (Å²) in [7, 11) is 0. The van der Waals surface area contributed by atoms with Gasteiger partial charge in [-0.3, -0.25) is 0 Å². The van der Waals surface area contributed by atoms with Gasteiger partial charge in [0.25, 0.3) is 0 Å². The molecule has 0 radical (unpaired) electrons. The molecular formula is C17H24N2O. The molecule has 1 aromatic heterocycles. The number of unbranched alkanes of at least 4 members (excludes halogenated alkanes) is 1. The number of benzene rings is 1. The Hall–Kier alpha value is -1.61. The van der Waals surface area contributed by atoms with E-state index in [0.29, 0.717) is 6.10 Å². The van der Waals surface area contributed by atoms with Crippen LogP contribution in [0.25, 0.3) is 10.9 Å². The van der Waals surface area contributed by atoms with Gasteiger partial charge in [-0.25, -0.2) is 4.98 Å². The number of aromatic nitrogens is 1. The van der Waals surface area contributed by atoms with Crippen LogP contribution in [-0.2, 0) is 4.74 Å². The Balaban J connectivity index is 1.85. The molecule has 108 valence electrons. The lowest BCUT2D eigenvalue weighted by Crippen LogP contribution is -2.08. The zero-order chi connectivity index (χ0) is 14.4. The summed E-state index contributed by atoms with van der Waals surface area (Å²) in [5, 5.41) is 4.62. The summed E-state index contributed by atoms with van der Waals surface area (Å²) in [5.74, 6) is 0.994. The number of fused-ring (bicyclic) bond motifs is 1. The van der Waals surface area contributed by atoms with E-state index in [0.717, 1.165) is 37.3 Å². The van der Waals surface area contributed by atoms with Crippen molar-refractivity contribution in [1.82, 2.24) is 4.98 Å². The lowest BCUT2D eigenvalue weighted by Gasteiger charge is -2.11. The maximum absolute atomic E-state index is 5.53. The first-order chi connectivity index (χ1) is 9.66. The predicted molar refractivity (Wildman–Crippen MR) is 85.3 cm³/mol. The lowest BCUT2D eigenvalue weighted by molar-refractivity contribution is 0.0765. The third-order valence-electron chi connectivity index (χ3n) is 3.23. The molecule has 3 nitrogen and oxygen atoms in total. The summed E-state index contributed by atoms with van der Waals surface area (Å²) in [6.07, 6.45) is 2.51. The Bertz CT molecular complexity index is 552. The van der Waals surface area contributed by atoms with Crippen LogP contribution in [0.3, 0.4) is 0 Å². The number of pyridine rings is 1. The molecule has 1 N–H and O–H groups in total. The molecule has 0 saturated heterocycles. The third kappa shape index (κ3) is 4.20. The van der Waals surface area contributed by atoms with Crippen LogP contribution in [-0.4, -0.2) is 24.2 Å². The van der Waals surface area contributed by atoms with E-state index in [1.165, 1.54) is 10.9 Å². The number of anilines is 1. The predicted octanol–water partition coefficient (Wildman–Crippen LogP) is 4.16. The molecule has 1 heterocycles. The van der Waals surface area contributed by atoms with Crippen molar-refractivity contribution in [3.8, 4) is 0 Å². The first-order valence-electron chi connectivity index (χ1n) is 7.38. The number of hydrogen-bond acceptors (Lipinski definition) is 3. The van der Waals surface area contributed by atoms with E-state index in [2.05, 4.69) is 49.3 Å². The average Bonchev–Trinajstić information content (AvgIpc) is 2.42. The summed E-state index contributed by atoms with van der Waals surface area (Å²) >= 11 is 0. The van der Waals surface area contributed by atoms with Crippen molar-refractivity contribution in [2.75, 3.05) is 18.5 Å². The number of aryl methyl sites for hydroxylation is 1. The van der Waals surface area contributed by atoms with Gasteiger partial charge >= 0.3 is 0 Å². The van der Waals surface area contributed by atoms with E-state index in [-0.39, 0.29) is 0 Å². The van der Waals surface area contributed by atoms with Crippen LogP contribution in [0.2, 0.25) is 0 Å². The Kier molecular flexibility index (Phi) is 5.36. The second-order valence-electron chi connectivity index (χ2n) is 5.40. The zero-order valence-electron chi connectivity index (χ0n) is 12.6. The minimum absolute atomic E-state index is 0.326. The molecule has 0 atom stereocenters. The van der Waals surface area contributed by atoms with Crippen molar-refractivity contribution < 1.29 is 4.74 Å². The highest BCUT2D eigenvalue weighted by Gasteiger charge is 2.02. The largest absolute Gasteiger partial charge is 0.379 e. The molecule has 0 fully saturated rings. The number of ether oxygens (including phenoxy) is 1. The molecule has 2 rings (SSSR count). The van der Waals surface area contributed by atoms with E-state index in [1.54, 1.807) is 0 Å². The highest BCUT2D eigenvalue weighted by atomic mass is 16.5. The van der Waals surface area contributed by atoms with Crippen molar-refractivity contribution in [3.63, 3.8) is 0 Å². The highest BCUT2D eigenvalue weighted by Crippen LogP contribution is 2.19. The van der Waals surface area contributed by atoms with Crippen LogP contribution in [0.15, 0.2) is 30.3 Å². The molecule has 0 aliphatic carbocycles. The maximum atomic E-state index is 5.53. The van der Waals surface area contributed by atoms with Crippen LogP contribution in [0.1, 0.15) is 32.3 Å². The van der Waals surface area contributed by atoms with E-state index in [1.807, 2.05) is 12.1 Å². The number of nitrogens with zero attached hydrogens (tertiary/aromatic N) is 1. The van der Waals surface area contributed by atoms with E-state index >= 15 is 0 Å². The van der Waals surface area contributed by atoms with Crippen molar-refractivity contribution in [2.45, 2.75) is 39.7 Å². The molecule has 0 aliphatic rings. The summed E-state index contributed by atoms with van der Waals surface area (Å²) in [6.45, 7) is 8.02. The van der Waals surface area contributed by atoms with Crippen LogP contribution in [0.5, 0.6) is 0 Å². The molecular weight excluding hydrogens is 248 g/mol. The topological polar surface area (TPSA) is 34.2 Å².